The van der Waals surface area contributed by atoms with E-state index in [2.05, 4.69) is 6.07 Å². The number of nitriles is 1. The number of carbonyl (C=O) groups is 1. The first-order valence-electron chi connectivity index (χ1n) is 6.75. The number of thiophene rings is 2. The minimum absolute atomic E-state index is 0. The third-order valence-electron chi connectivity index (χ3n) is 3.28. The van der Waals surface area contributed by atoms with E-state index in [-0.39, 0.29) is 56.9 Å². The molecule has 0 aliphatic rings. The molecular formula is C18H12KNO3S2. The summed E-state index contributed by atoms with van der Waals surface area (Å²) in [6, 6.07) is 17.0. The van der Waals surface area contributed by atoms with Crippen molar-refractivity contribution in [1.29, 1.82) is 5.26 Å². The van der Waals surface area contributed by atoms with Gasteiger partial charge >= 0.3 is 57.4 Å². The second-order valence-corrected chi connectivity index (χ2v) is 6.66. The topological polar surface area (TPSA) is 91.1 Å². The molecule has 2 heterocycles. The zero-order valence-electron chi connectivity index (χ0n) is 13.3. The number of aromatic carboxylic acids is 1. The molecule has 0 aliphatic heterocycles. The number of carboxylic acid groups (broad SMARTS) is 1. The average Bonchev–Trinajstić information content (AvgIpc) is 3.22. The second-order valence-electron chi connectivity index (χ2n) is 4.76. The minimum Gasteiger partial charge on any atom is -0.870 e. The second kappa shape index (κ2) is 10.2. The Bertz CT molecular complexity index is 1030. The molecule has 0 saturated carbocycles. The van der Waals surface area contributed by atoms with Crippen molar-refractivity contribution in [1.82, 2.24) is 0 Å². The number of benzene rings is 2. The van der Waals surface area contributed by atoms with E-state index >= 15 is 0 Å². The van der Waals surface area contributed by atoms with Crippen LogP contribution in [0, 0.1) is 11.3 Å². The van der Waals surface area contributed by atoms with E-state index < -0.39 is 5.97 Å². The van der Waals surface area contributed by atoms with Gasteiger partial charge < -0.3 is 10.6 Å². The summed E-state index contributed by atoms with van der Waals surface area (Å²) in [4.78, 5) is 10.6. The van der Waals surface area contributed by atoms with Gasteiger partial charge in [0.15, 0.2) is 0 Å². The fourth-order valence-corrected chi connectivity index (χ4v) is 3.68. The Morgan fingerprint density at radius 1 is 0.920 bits per heavy atom. The number of nitrogens with zero attached hydrogens (tertiary/aromatic N) is 1. The maximum absolute atomic E-state index is 10.6. The van der Waals surface area contributed by atoms with Crippen molar-refractivity contribution in [2.45, 2.75) is 0 Å². The van der Waals surface area contributed by atoms with Gasteiger partial charge in [-0.2, -0.15) is 5.26 Å². The molecule has 0 amide bonds. The summed E-state index contributed by atoms with van der Waals surface area (Å²) in [5.41, 5.74) is 1.08. The molecule has 0 atom stereocenters. The van der Waals surface area contributed by atoms with Crippen molar-refractivity contribution >= 4 is 48.8 Å². The zero-order valence-corrected chi connectivity index (χ0v) is 18.1. The summed E-state index contributed by atoms with van der Waals surface area (Å²) < 4.78 is 2.36. The fraction of sp³-hybridized carbons (Fsp3) is 0. The van der Waals surface area contributed by atoms with E-state index in [0.29, 0.717) is 5.56 Å². The number of hydrogen-bond donors (Lipinski definition) is 1. The van der Waals surface area contributed by atoms with Crippen LogP contribution in [0.3, 0.4) is 0 Å². The molecule has 4 aromatic rings. The van der Waals surface area contributed by atoms with Crippen LogP contribution in [-0.2, 0) is 0 Å². The quantitative estimate of drug-likeness (QED) is 0.502. The molecule has 4 rings (SSSR count). The number of rotatable bonds is 1. The van der Waals surface area contributed by atoms with Gasteiger partial charge in [0.2, 0.25) is 0 Å². The molecule has 2 N–H and O–H groups in total. The summed E-state index contributed by atoms with van der Waals surface area (Å²) >= 11 is 3.31. The molecule has 0 fully saturated rings. The standard InChI is InChI=1S/C9H5NS.C9H6O2S.K.H2O/c10-6-7-1-2-9-8(5-7)3-4-11-9;10-9(11)7-1-2-8-6(5-7)3-4-12-8;;/h1-5H;1-5H,(H,10,11);;1H2/q;;+1;/p-1. The fourth-order valence-electron chi connectivity index (χ4n) is 2.14. The van der Waals surface area contributed by atoms with Gasteiger partial charge in [0.25, 0.3) is 0 Å². The first kappa shape index (κ1) is 22.0. The summed E-state index contributed by atoms with van der Waals surface area (Å²) in [5, 5.41) is 23.4. The van der Waals surface area contributed by atoms with Gasteiger partial charge in [-0.1, -0.05) is 0 Å². The molecule has 0 saturated heterocycles. The number of hydrogen-bond acceptors (Lipinski definition) is 5. The average molecular weight is 394 g/mol. The Balaban J connectivity index is 0.000000232. The predicted molar refractivity (Wildman–Crippen MR) is 97.3 cm³/mol. The SMILES string of the molecule is N#Cc1ccc2sccc2c1.O=C(O)c1ccc2sccc2c1.[K+].[OH-]. The van der Waals surface area contributed by atoms with Crippen LogP contribution in [0.1, 0.15) is 15.9 Å². The molecule has 0 unspecified atom stereocenters. The van der Waals surface area contributed by atoms with Crippen molar-refractivity contribution < 1.29 is 66.8 Å². The summed E-state index contributed by atoms with van der Waals surface area (Å²) in [5.74, 6) is -0.872. The van der Waals surface area contributed by atoms with Gasteiger partial charge in [0.05, 0.1) is 17.2 Å². The van der Waals surface area contributed by atoms with Crippen LogP contribution in [0.15, 0.2) is 59.3 Å². The predicted octanol–water partition coefficient (Wildman–Crippen LogP) is 2.20. The number of carboxylic acids is 1. The van der Waals surface area contributed by atoms with E-state index in [0.717, 1.165) is 21.0 Å². The van der Waals surface area contributed by atoms with Crippen LogP contribution >= 0.6 is 22.7 Å². The van der Waals surface area contributed by atoms with E-state index in [9.17, 15) is 4.79 Å². The molecule has 2 aromatic carbocycles. The Morgan fingerprint density at radius 3 is 2.04 bits per heavy atom. The van der Waals surface area contributed by atoms with Crippen LogP contribution in [0.25, 0.3) is 20.2 Å². The molecule has 0 bridgehead atoms. The first-order chi connectivity index (χ1) is 11.2. The van der Waals surface area contributed by atoms with Crippen LogP contribution in [-0.4, -0.2) is 16.6 Å². The van der Waals surface area contributed by atoms with Crippen molar-refractivity contribution in [3.8, 4) is 6.07 Å². The molecule has 2 aromatic heterocycles. The zero-order chi connectivity index (χ0) is 16.2. The van der Waals surface area contributed by atoms with Gasteiger partial charge in [-0.25, -0.2) is 4.79 Å². The van der Waals surface area contributed by atoms with Gasteiger partial charge in [0.1, 0.15) is 0 Å². The van der Waals surface area contributed by atoms with Crippen molar-refractivity contribution in [3.05, 3.63) is 70.4 Å². The first-order valence-corrected chi connectivity index (χ1v) is 8.51. The molecule has 0 radical (unpaired) electrons. The maximum atomic E-state index is 10.6. The minimum atomic E-state index is -0.872. The molecule has 25 heavy (non-hydrogen) atoms. The summed E-state index contributed by atoms with van der Waals surface area (Å²) in [6.07, 6.45) is 0. The van der Waals surface area contributed by atoms with E-state index in [4.69, 9.17) is 10.4 Å². The molecule has 7 heteroatoms. The largest absolute Gasteiger partial charge is 1.00 e. The van der Waals surface area contributed by atoms with E-state index in [1.165, 1.54) is 4.70 Å². The Kier molecular flexibility index (Phi) is 8.92. The molecule has 120 valence electrons. The summed E-state index contributed by atoms with van der Waals surface area (Å²) in [7, 11) is 0. The Hall–Kier alpha value is -1.08. The summed E-state index contributed by atoms with van der Waals surface area (Å²) in [6.45, 7) is 0. The normalized spacial score (nSPS) is 9.24. The maximum Gasteiger partial charge on any atom is 1.00 e. The van der Waals surface area contributed by atoms with E-state index in [1.807, 2.05) is 47.2 Å². The van der Waals surface area contributed by atoms with Crippen molar-refractivity contribution in [2.75, 3.05) is 0 Å². The van der Waals surface area contributed by atoms with Crippen LogP contribution in [0.2, 0.25) is 0 Å². The van der Waals surface area contributed by atoms with Crippen molar-refractivity contribution in [2.24, 2.45) is 0 Å². The molecule has 0 spiro atoms. The monoisotopic (exact) mass is 393 g/mol. The van der Waals surface area contributed by atoms with E-state index in [1.54, 1.807) is 34.8 Å². The molecule has 0 aliphatic carbocycles. The Morgan fingerprint density at radius 2 is 1.48 bits per heavy atom. The smallest absolute Gasteiger partial charge is 0.870 e. The third-order valence-corrected chi connectivity index (χ3v) is 5.08. The third kappa shape index (κ3) is 5.44. The number of fused-ring (bicyclic) bond motifs is 2. The molecular weight excluding hydrogens is 381 g/mol. The van der Waals surface area contributed by atoms with Gasteiger partial charge in [-0.05, 0) is 70.1 Å². The van der Waals surface area contributed by atoms with Crippen molar-refractivity contribution in [3.63, 3.8) is 0 Å². The Labute approximate surface area is 195 Å². The van der Waals surface area contributed by atoms with Gasteiger partial charge in [-0.15, -0.1) is 22.7 Å². The van der Waals surface area contributed by atoms with Gasteiger partial charge in [0, 0.05) is 9.40 Å². The van der Waals surface area contributed by atoms with Crippen LogP contribution in [0.5, 0.6) is 0 Å². The van der Waals surface area contributed by atoms with Crippen LogP contribution < -0.4 is 51.4 Å². The van der Waals surface area contributed by atoms with Crippen LogP contribution in [0.4, 0.5) is 0 Å². The van der Waals surface area contributed by atoms with Gasteiger partial charge in [-0.3, -0.25) is 0 Å². The molecule has 4 nitrogen and oxygen atoms in total.